The van der Waals surface area contributed by atoms with Crippen molar-refractivity contribution in [2.45, 2.75) is 46.6 Å². The van der Waals surface area contributed by atoms with Crippen molar-refractivity contribution in [3.8, 4) is 0 Å². The van der Waals surface area contributed by atoms with Crippen LogP contribution in [0.3, 0.4) is 0 Å². The van der Waals surface area contributed by atoms with Gasteiger partial charge in [-0.15, -0.1) is 0 Å². The second-order valence-corrected chi connectivity index (χ2v) is 4.47. The largest absolute Gasteiger partial charge is 0.313 e. The lowest BCUT2D eigenvalue weighted by Gasteiger charge is -2.06. The fourth-order valence-electron chi connectivity index (χ4n) is 2.12. The van der Waals surface area contributed by atoms with Gasteiger partial charge in [0.05, 0.1) is 0 Å². The lowest BCUT2D eigenvalue weighted by atomic mass is 10.0. The second kappa shape index (κ2) is 9.57. The first-order valence-corrected chi connectivity index (χ1v) is 7.57. The van der Waals surface area contributed by atoms with Crippen molar-refractivity contribution in [1.29, 1.82) is 0 Å². The van der Waals surface area contributed by atoms with Gasteiger partial charge >= 0.3 is 0 Å². The van der Waals surface area contributed by atoms with Crippen LogP contribution in [-0.2, 0) is 6.54 Å². The molecule has 0 aromatic heterocycles. The molecule has 1 aromatic carbocycles. The average Bonchev–Trinajstić information content (AvgIpc) is 2.77. The Balaban J connectivity index is 0.000000861. The van der Waals surface area contributed by atoms with Crippen molar-refractivity contribution in [3.05, 3.63) is 53.6 Å². The van der Waals surface area contributed by atoms with Crippen molar-refractivity contribution < 1.29 is 0 Å². The molecule has 104 valence electrons. The summed E-state index contributed by atoms with van der Waals surface area (Å²) >= 11 is 0. The van der Waals surface area contributed by atoms with Crippen LogP contribution in [0.5, 0.6) is 0 Å². The molecule has 0 aliphatic heterocycles. The molecule has 1 aromatic rings. The van der Waals surface area contributed by atoms with Crippen LogP contribution >= 0.6 is 0 Å². The number of rotatable bonds is 4. The van der Waals surface area contributed by atoms with Gasteiger partial charge in [-0.1, -0.05) is 57.2 Å². The first kappa shape index (κ1) is 15.7. The number of nitrogens with one attached hydrogen (secondary N) is 1. The summed E-state index contributed by atoms with van der Waals surface area (Å²) < 4.78 is 0. The summed E-state index contributed by atoms with van der Waals surface area (Å²) in [7, 11) is 0. The van der Waals surface area contributed by atoms with Crippen LogP contribution in [0.15, 0.2) is 42.5 Å². The molecule has 0 atom stereocenters. The summed E-state index contributed by atoms with van der Waals surface area (Å²) in [5.74, 6) is 0. The van der Waals surface area contributed by atoms with Crippen LogP contribution < -0.4 is 5.32 Å². The lowest BCUT2D eigenvalue weighted by Crippen LogP contribution is -2.11. The maximum Gasteiger partial charge on any atom is 0.0205 e. The molecular weight excluding hydrogens is 230 g/mol. The zero-order valence-electron chi connectivity index (χ0n) is 12.6. The SMILES string of the molecule is CC.CCNCc1cccc(C2=CCCCC=C2)c1. The van der Waals surface area contributed by atoms with Crippen LogP contribution in [0.4, 0.5) is 0 Å². The number of allylic oxidation sites excluding steroid dienone is 4. The molecule has 0 radical (unpaired) electrons. The molecular formula is C18H27N. The van der Waals surface area contributed by atoms with Crippen LogP contribution in [0, 0.1) is 0 Å². The van der Waals surface area contributed by atoms with Gasteiger partial charge in [-0.2, -0.15) is 0 Å². The van der Waals surface area contributed by atoms with Gasteiger partial charge in [-0.3, -0.25) is 0 Å². The van der Waals surface area contributed by atoms with E-state index < -0.39 is 0 Å². The summed E-state index contributed by atoms with van der Waals surface area (Å²) in [4.78, 5) is 0. The Morgan fingerprint density at radius 3 is 2.79 bits per heavy atom. The Bertz CT molecular complexity index is 415. The van der Waals surface area contributed by atoms with Gasteiger partial charge < -0.3 is 5.32 Å². The molecule has 0 bridgehead atoms. The van der Waals surface area contributed by atoms with E-state index in [9.17, 15) is 0 Å². The van der Waals surface area contributed by atoms with Crippen LogP contribution in [0.1, 0.15) is 51.2 Å². The highest BCUT2D eigenvalue weighted by Gasteiger charge is 2.01. The van der Waals surface area contributed by atoms with Gasteiger partial charge in [0.15, 0.2) is 0 Å². The summed E-state index contributed by atoms with van der Waals surface area (Å²) in [5, 5.41) is 3.37. The van der Waals surface area contributed by atoms with Crippen molar-refractivity contribution >= 4 is 5.57 Å². The van der Waals surface area contributed by atoms with E-state index in [0.717, 1.165) is 13.1 Å². The van der Waals surface area contributed by atoms with E-state index in [0.29, 0.717) is 0 Å². The summed E-state index contributed by atoms with van der Waals surface area (Å²) in [6.45, 7) is 8.12. The Kier molecular flexibility index (Phi) is 7.92. The summed E-state index contributed by atoms with van der Waals surface area (Å²) in [6.07, 6.45) is 10.6. The standard InChI is InChI=1S/C16H21N.C2H6/c1-2-17-13-14-8-7-11-16(12-14)15-9-5-3-4-6-10-15;1-2/h5,7-12,17H,2-4,6,13H2,1H3;1-2H3. The van der Waals surface area contributed by atoms with E-state index in [-0.39, 0.29) is 0 Å². The first-order chi connectivity index (χ1) is 9.40. The molecule has 0 fully saturated rings. The molecule has 0 saturated heterocycles. The van der Waals surface area contributed by atoms with Gasteiger partial charge in [0.25, 0.3) is 0 Å². The topological polar surface area (TPSA) is 12.0 Å². The Labute approximate surface area is 118 Å². The molecule has 0 saturated carbocycles. The van der Waals surface area contributed by atoms with Crippen molar-refractivity contribution in [2.75, 3.05) is 6.54 Å². The average molecular weight is 257 g/mol. The minimum absolute atomic E-state index is 0.960. The van der Waals surface area contributed by atoms with E-state index in [2.05, 4.69) is 54.7 Å². The molecule has 0 amide bonds. The van der Waals surface area contributed by atoms with Crippen molar-refractivity contribution in [3.63, 3.8) is 0 Å². The fraction of sp³-hybridized carbons (Fsp3) is 0.444. The molecule has 1 heteroatoms. The molecule has 0 spiro atoms. The van der Waals surface area contributed by atoms with Gasteiger partial charge in [-0.05, 0) is 48.6 Å². The van der Waals surface area contributed by atoms with E-state index in [4.69, 9.17) is 0 Å². The fourth-order valence-corrected chi connectivity index (χ4v) is 2.12. The van der Waals surface area contributed by atoms with Crippen molar-refractivity contribution in [1.82, 2.24) is 5.32 Å². The third-order valence-corrected chi connectivity index (χ3v) is 3.08. The lowest BCUT2D eigenvalue weighted by molar-refractivity contribution is 0.727. The minimum Gasteiger partial charge on any atom is -0.313 e. The van der Waals surface area contributed by atoms with E-state index >= 15 is 0 Å². The third kappa shape index (κ3) is 5.44. The predicted octanol–water partition coefficient (Wildman–Crippen LogP) is 4.95. The van der Waals surface area contributed by atoms with Crippen LogP contribution in [0.2, 0.25) is 0 Å². The highest BCUT2D eigenvalue weighted by Crippen LogP contribution is 2.21. The van der Waals surface area contributed by atoms with Crippen molar-refractivity contribution in [2.24, 2.45) is 0 Å². The quantitative estimate of drug-likeness (QED) is 0.805. The highest BCUT2D eigenvalue weighted by atomic mass is 14.8. The number of benzene rings is 1. The van der Waals surface area contributed by atoms with E-state index in [1.807, 2.05) is 13.8 Å². The zero-order chi connectivity index (χ0) is 13.9. The second-order valence-electron chi connectivity index (χ2n) is 4.47. The van der Waals surface area contributed by atoms with Crippen LogP contribution in [0.25, 0.3) is 5.57 Å². The Morgan fingerprint density at radius 2 is 2.00 bits per heavy atom. The molecule has 2 rings (SSSR count). The van der Waals surface area contributed by atoms with E-state index in [1.54, 1.807) is 0 Å². The number of hydrogen-bond donors (Lipinski definition) is 1. The normalized spacial score (nSPS) is 14.2. The predicted molar refractivity (Wildman–Crippen MR) is 86.1 cm³/mol. The zero-order valence-corrected chi connectivity index (χ0v) is 12.6. The molecule has 0 unspecified atom stereocenters. The molecule has 1 nitrogen and oxygen atoms in total. The minimum atomic E-state index is 0.960. The van der Waals surface area contributed by atoms with E-state index in [1.165, 1.54) is 36.0 Å². The highest BCUT2D eigenvalue weighted by molar-refractivity contribution is 5.74. The molecule has 19 heavy (non-hydrogen) atoms. The maximum absolute atomic E-state index is 3.37. The smallest absolute Gasteiger partial charge is 0.0205 e. The third-order valence-electron chi connectivity index (χ3n) is 3.08. The molecule has 1 N–H and O–H groups in total. The molecule has 1 aliphatic rings. The van der Waals surface area contributed by atoms with Gasteiger partial charge in [0, 0.05) is 6.54 Å². The van der Waals surface area contributed by atoms with Gasteiger partial charge in [0.2, 0.25) is 0 Å². The molecule has 1 aliphatic carbocycles. The Hall–Kier alpha value is -1.34. The van der Waals surface area contributed by atoms with Crippen LogP contribution in [-0.4, -0.2) is 6.54 Å². The summed E-state index contributed by atoms with van der Waals surface area (Å²) in [6, 6.07) is 8.84. The Morgan fingerprint density at radius 1 is 1.16 bits per heavy atom. The van der Waals surface area contributed by atoms with Gasteiger partial charge in [-0.25, -0.2) is 0 Å². The molecule has 0 heterocycles. The van der Waals surface area contributed by atoms with Gasteiger partial charge in [0.1, 0.15) is 0 Å². The maximum atomic E-state index is 3.37. The first-order valence-electron chi connectivity index (χ1n) is 7.57. The monoisotopic (exact) mass is 257 g/mol. The summed E-state index contributed by atoms with van der Waals surface area (Å²) in [5.41, 5.74) is 4.09. The number of hydrogen-bond acceptors (Lipinski definition) is 1.